The Balaban J connectivity index is 1.86. The van der Waals surface area contributed by atoms with Crippen LogP contribution in [0.5, 0.6) is 0 Å². The lowest BCUT2D eigenvalue weighted by molar-refractivity contribution is -0.162. The molecule has 2 atom stereocenters. The minimum Gasteiger partial charge on any atom is -0.467 e. The summed E-state index contributed by atoms with van der Waals surface area (Å²) < 4.78 is 10.8. The summed E-state index contributed by atoms with van der Waals surface area (Å²) in [7, 11) is 0. The van der Waals surface area contributed by atoms with Crippen molar-refractivity contribution in [1.29, 1.82) is 0 Å². The molecule has 1 aromatic carbocycles. The predicted octanol–water partition coefficient (Wildman–Crippen LogP) is 4.20. The number of benzene rings is 1. The Morgan fingerprint density at radius 2 is 1.93 bits per heavy atom. The summed E-state index contributed by atoms with van der Waals surface area (Å²) in [5.74, 6) is -0.507. The Bertz CT molecular complexity index is 843. The first-order valence-electron chi connectivity index (χ1n) is 8.77. The zero-order valence-electron chi connectivity index (χ0n) is 15.4. The number of hydrogen-bond acceptors (Lipinski definition) is 5. The molecular weight excluding hydrogens is 368 g/mol. The zero-order chi connectivity index (χ0) is 19.6. The third-order valence-electron chi connectivity index (χ3n) is 4.30. The molecule has 6 nitrogen and oxygen atoms in total. The smallest absolute Gasteiger partial charge is 0.309 e. The molecule has 27 heavy (non-hydrogen) atoms. The van der Waals surface area contributed by atoms with E-state index < -0.39 is 24.0 Å². The number of rotatable bonds is 5. The Morgan fingerprint density at radius 3 is 2.52 bits per heavy atom. The highest BCUT2D eigenvalue weighted by molar-refractivity contribution is 6.30. The molecule has 142 valence electrons. The van der Waals surface area contributed by atoms with Gasteiger partial charge in [0.05, 0.1) is 17.9 Å². The van der Waals surface area contributed by atoms with Crippen LogP contribution in [-0.2, 0) is 14.3 Å². The average molecular weight is 389 g/mol. The largest absolute Gasteiger partial charge is 0.467 e. The fraction of sp³-hybridized carbons (Fsp3) is 0.350. The second kappa shape index (κ2) is 7.96. The first-order chi connectivity index (χ1) is 12.9. The molecular formula is C20H21ClN2O4. The molecule has 0 radical (unpaired) electrons. The number of carbonyl (C=O) groups excluding carboxylic acids is 2. The van der Waals surface area contributed by atoms with Crippen LogP contribution >= 0.6 is 11.6 Å². The van der Waals surface area contributed by atoms with Gasteiger partial charge in [-0.2, -0.15) is 5.10 Å². The molecule has 2 aromatic rings. The second-order valence-corrected chi connectivity index (χ2v) is 7.14. The second-order valence-electron chi connectivity index (χ2n) is 6.71. The van der Waals surface area contributed by atoms with Gasteiger partial charge in [-0.1, -0.05) is 37.6 Å². The number of hydrazone groups is 1. The van der Waals surface area contributed by atoms with Crippen LogP contribution in [0.3, 0.4) is 0 Å². The molecule has 0 spiro atoms. The molecule has 0 unspecified atom stereocenters. The van der Waals surface area contributed by atoms with Crippen molar-refractivity contribution in [3.63, 3.8) is 0 Å². The van der Waals surface area contributed by atoms with E-state index in [0.29, 0.717) is 17.2 Å². The third kappa shape index (κ3) is 4.22. The number of esters is 1. The molecule has 0 bridgehead atoms. The van der Waals surface area contributed by atoms with Gasteiger partial charge in [0.15, 0.2) is 6.10 Å². The van der Waals surface area contributed by atoms with Crippen LogP contribution in [-0.4, -0.2) is 28.7 Å². The number of nitrogens with zero attached hydrogens (tertiary/aromatic N) is 2. The van der Waals surface area contributed by atoms with E-state index in [1.807, 2.05) is 12.1 Å². The summed E-state index contributed by atoms with van der Waals surface area (Å²) in [6, 6.07) is 10.4. The van der Waals surface area contributed by atoms with Crippen molar-refractivity contribution in [2.75, 3.05) is 0 Å². The van der Waals surface area contributed by atoms with Gasteiger partial charge in [0.1, 0.15) is 11.8 Å². The summed E-state index contributed by atoms with van der Waals surface area (Å²) in [4.78, 5) is 24.8. The van der Waals surface area contributed by atoms with Crippen molar-refractivity contribution in [3.05, 3.63) is 59.0 Å². The highest BCUT2D eigenvalue weighted by atomic mass is 35.5. The van der Waals surface area contributed by atoms with Gasteiger partial charge in [0, 0.05) is 11.4 Å². The van der Waals surface area contributed by atoms with Crippen LogP contribution < -0.4 is 0 Å². The number of amides is 1. The van der Waals surface area contributed by atoms with Gasteiger partial charge in [-0.3, -0.25) is 9.59 Å². The monoisotopic (exact) mass is 388 g/mol. The van der Waals surface area contributed by atoms with Crippen LogP contribution in [0.15, 0.2) is 52.2 Å². The molecule has 0 saturated carbocycles. The molecule has 0 aliphatic carbocycles. The molecule has 1 amide bonds. The summed E-state index contributed by atoms with van der Waals surface area (Å²) in [5, 5.41) is 6.48. The van der Waals surface area contributed by atoms with Gasteiger partial charge in [0.25, 0.3) is 5.91 Å². The van der Waals surface area contributed by atoms with Crippen molar-refractivity contribution in [3.8, 4) is 0 Å². The summed E-state index contributed by atoms with van der Waals surface area (Å²) >= 11 is 5.95. The van der Waals surface area contributed by atoms with Crippen LogP contribution in [0.2, 0.25) is 5.02 Å². The highest BCUT2D eigenvalue weighted by Crippen LogP contribution is 2.34. The van der Waals surface area contributed by atoms with E-state index in [-0.39, 0.29) is 5.92 Å². The van der Waals surface area contributed by atoms with Crippen molar-refractivity contribution >= 4 is 29.2 Å². The molecule has 3 rings (SSSR count). The van der Waals surface area contributed by atoms with Gasteiger partial charge in [-0.15, -0.1) is 0 Å². The first-order valence-corrected chi connectivity index (χ1v) is 9.15. The lowest BCUT2D eigenvalue weighted by Gasteiger charge is -2.23. The Kier molecular flexibility index (Phi) is 5.65. The lowest BCUT2D eigenvalue weighted by Crippen LogP contribution is -2.37. The number of carbonyl (C=O) groups is 2. The van der Waals surface area contributed by atoms with Gasteiger partial charge in [-0.05, 0) is 36.8 Å². The van der Waals surface area contributed by atoms with Crippen LogP contribution in [0, 0.1) is 5.92 Å². The number of hydrogen-bond donors (Lipinski definition) is 0. The van der Waals surface area contributed by atoms with Gasteiger partial charge >= 0.3 is 5.97 Å². The molecule has 1 aliphatic rings. The molecule has 7 heteroatoms. The quantitative estimate of drug-likeness (QED) is 0.719. The minimum absolute atomic E-state index is 0.312. The van der Waals surface area contributed by atoms with Gasteiger partial charge in [-0.25, -0.2) is 5.01 Å². The predicted molar refractivity (Wildman–Crippen MR) is 101 cm³/mol. The Hall–Kier alpha value is -2.60. The lowest BCUT2D eigenvalue weighted by atomic mass is 10.0. The molecule has 1 aliphatic heterocycles. The van der Waals surface area contributed by atoms with Crippen LogP contribution in [0.1, 0.15) is 44.6 Å². The van der Waals surface area contributed by atoms with Crippen molar-refractivity contribution in [2.24, 2.45) is 11.0 Å². The molecule has 0 fully saturated rings. The maximum Gasteiger partial charge on any atom is 0.309 e. The SMILES string of the molecule is CC(C)C(=O)O[C@H](C)C(=O)N1N=C(c2ccc(Cl)cc2)C[C@H]1c1ccco1. The van der Waals surface area contributed by atoms with E-state index in [9.17, 15) is 9.59 Å². The van der Waals surface area contributed by atoms with E-state index >= 15 is 0 Å². The topological polar surface area (TPSA) is 72.1 Å². The van der Waals surface area contributed by atoms with E-state index in [1.54, 1.807) is 51.3 Å². The maximum absolute atomic E-state index is 12.9. The normalized spacial score (nSPS) is 17.7. The average Bonchev–Trinajstić information content (AvgIpc) is 3.31. The van der Waals surface area contributed by atoms with Crippen molar-refractivity contribution in [2.45, 2.75) is 39.3 Å². The fourth-order valence-electron chi connectivity index (χ4n) is 2.78. The standard InChI is InChI=1S/C20H21ClN2O4/c1-12(2)20(25)27-13(3)19(24)23-17(18-5-4-10-26-18)11-16(22-23)14-6-8-15(21)9-7-14/h4-10,12-13,17H,11H2,1-3H3/t13-,17+/m1/s1. The Morgan fingerprint density at radius 1 is 1.22 bits per heavy atom. The summed E-state index contributed by atoms with van der Waals surface area (Å²) in [5.41, 5.74) is 1.61. The van der Waals surface area contributed by atoms with Crippen LogP contribution in [0.4, 0.5) is 0 Å². The molecule has 1 aromatic heterocycles. The third-order valence-corrected chi connectivity index (χ3v) is 4.55. The minimum atomic E-state index is -0.939. The number of furan rings is 1. The van der Waals surface area contributed by atoms with E-state index in [2.05, 4.69) is 5.10 Å². The maximum atomic E-state index is 12.9. The van der Waals surface area contributed by atoms with Crippen molar-refractivity contribution < 1.29 is 18.7 Å². The van der Waals surface area contributed by atoms with Crippen LogP contribution in [0.25, 0.3) is 0 Å². The first kappa shape index (κ1) is 19.2. The number of ether oxygens (including phenoxy) is 1. The van der Waals surface area contributed by atoms with E-state index in [1.165, 1.54) is 5.01 Å². The zero-order valence-corrected chi connectivity index (χ0v) is 16.1. The summed E-state index contributed by atoms with van der Waals surface area (Å²) in [6.07, 6.45) is 1.11. The Labute approximate surface area is 162 Å². The van der Waals surface area contributed by atoms with E-state index in [0.717, 1.165) is 11.3 Å². The van der Waals surface area contributed by atoms with E-state index in [4.69, 9.17) is 20.8 Å². The highest BCUT2D eigenvalue weighted by Gasteiger charge is 2.37. The molecule has 2 heterocycles. The molecule has 0 N–H and O–H groups in total. The number of halogens is 1. The van der Waals surface area contributed by atoms with Crippen molar-refractivity contribution in [1.82, 2.24) is 5.01 Å². The summed E-state index contributed by atoms with van der Waals surface area (Å²) in [6.45, 7) is 4.99. The van der Waals surface area contributed by atoms with Gasteiger partial charge < -0.3 is 9.15 Å². The van der Waals surface area contributed by atoms with Gasteiger partial charge in [0.2, 0.25) is 0 Å². The molecule has 0 saturated heterocycles. The fourth-order valence-corrected chi connectivity index (χ4v) is 2.91.